The van der Waals surface area contributed by atoms with Gasteiger partial charge in [0.05, 0.1) is 12.7 Å². The van der Waals surface area contributed by atoms with Crippen molar-refractivity contribution < 1.29 is 14.1 Å². The molecule has 2 aromatic carbocycles. The molecular weight excluding hydrogens is 356 g/mol. The van der Waals surface area contributed by atoms with Gasteiger partial charge in [-0.25, -0.2) is 4.79 Å². The lowest BCUT2D eigenvalue weighted by Crippen LogP contribution is -2.30. The van der Waals surface area contributed by atoms with Gasteiger partial charge in [-0.1, -0.05) is 18.2 Å². The van der Waals surface area contributed by atoms with E-state index in [9.17, 15) is 4.79 Å². The first kappa shape index (κ1) is 16.6. The predicted octanol–water partition coefficient (Wildman–Crippen LogP) is 3.57. The van der Waals surface area contributed by atoms with Gasteiger partial charge in [-0.2, -0.15) is 4.98 Å². The maximum Gasteiger partial charge on any atom is 0.337 e. The molecule has 1 aliphatic heterocycles. The second kappa shape index (κ2) is 6.53. The molecule has 28 heavy (non-hydrogen) atoms. The number of aromatic amines is 1. The van der Waals surface area contributed by atoms with Crippen molar-refractivity contribution in [2.24, 2.45) is 0 Å². The maximum absolute atomic E-state index is 11.9. The maximum atomic E-state index is 11.9. The predicted molar refractivity (Wildman–Crippen MR) is 104 cm³/mol. The van der Waals surface area contributed by atoms with Gasteiger partial charge in [0.1, 0.15) is 0 Å². The van der Waals surface area contributed by atoms with Gasteiger partial charge in [-0.3, -0.25) is 0 Å². The number of esters is 1. The van der Waals surface area contributed by atoms with Crippen LogP contribution in [0.4, 0.5) is 5.95 Å². The molecule has 4 aromatic rings. The lowest BCUT2D eigenvalue weighted by molar-refractivity contribution is 0.0601. The van der Waals surface area contributed by atoms with Crippen molar-refractivity contribution >= 4 is 22.8 Å². The summed E-state index contributed by atoms with van der Waals surface area (Å²) in [4.78, 5) is 22.0. The molecule has 140 valence electrons. The van der Waals surface area contributed by atoms with Gasteiger partial charge < -0.3 is 19.1 Å². The summed E-state index contributed by atoms with van der Waals surface area (Å²) in [6.07, 6.45) is 0.840. The molecule has 5 rings (SSSR count). The Kier molecular flexibility index (Phi) is 3.86. The van der Waals surface area contributed by atoms with Crippen molar-refractivity contribution in [2.45, 2.75) is 13.0 Å². The fraction of sp³-hybridized carbons (Fsp3) is 0.190. The first-order valence-corrected chi connectivity index (χ1v) is 9.09. The zero-order valence-corrected chi connectivity index (χ0v) is 15.3. The number of nitrogens with one attached hydrogen (secondary N) is 1. The monoisotopic (exact) mass is 374 g/mol. The Morgan fingerprint density at radius 1 is 1.21 bits per heavy atom. The van der Waals surface area contributed by atoms with E-state index < -0.39 is 0 Å². The smallest absolute Gasteiger partial charge is 0.337 e. The fourth-order valence-corrected chi connectivity index (χ4v) is 3.67. The summed E-state index contributed by atoms with van der Waals surface area (Å²) >= 11 is 0. The third kappa shape index (κ3) is 2.72. The van der Waals surface area contributed by atoms with Crippen LogP contribution in [0.15, 0.2) is 53.1 Å². The topological polar surface area (TPSA) is 84.3 Å². The molecule has 7 heteroatoms. The van der Waals surface area contributed by atoms with Crippen molar-refractivity contribution in [3.05, 3.63) is 65.4 Å². The highest BCUT2D eigenvalue weighted by Gasteiger charge is 2.24. The number of carbonyl (C=O) groups is 1. The molecule has 0 saturated heterocycles. The molecule has 3 heterocycles. The van der Waals surface area contributed by atoms with Gasteiger partial charge in [-0.15, -0.1) is 0 Å². The molecular formula is C21H18N4O3. The summed E-state index contributed by atoms with van der Waals surface area (Å²) in [5.74, 6) is 0.742. The molecule has 0 unspecified atom stereocenters. The summed E-state index contributed by atoms with van der Waals surface area (Å²) in [5, 5.41) is 5.19. The van der Waals surface area contributed by atoms with Gasteiger partial charge in [0.2, 0.25) is 0 Å². The normalized spacial score (nSPS) is 13.5. The van der Waals surface area contributed by atoms with Crippen LogP contribution in [0.25, 0.3) is 22.4 Å². The number of benzene rings is 2. The molecule has 7 nitrogen and oxygen atoms in total. The van der Waals surface area contributed by atoms with E-state index in [1.54, 1.807) is 6.07 Å². The van der Waals surface area contributed by atoms with E-state index in [1.165, 1.54) is 12.8 Å². The summed E-state index contributed by atoms with van der Waals surface area (Å²) in [5.41, 5.74) is 4.78. The molecule has 0 fully saturated rings. The van der Waals surface area contributed by atoms with Crippen LogP contribution in [-0.4, -0.2) is 34.7 Å². The minimum absolute atomic E-state index is 0.338. The third-order valence-corrected chi connectivity index (χ3v) is 5.12. The first-order valence-electron chi connectivity index (χ1n) is 9.09. The molecule has 0 atom stereocenters. The van der Waals surface area contributed by atoms with E-state index in [0.29, 0.717) is 23.9 Å². The highest BCUT2D eigenvalue weighted by Crippen LogP contribution is 2.31. The number of anilines is 1. The highest BCUT2D eigenvalue weighted by molar-refractivity contribution is 5.96. The van der Waals surface area contributed by atoms with E-state index >= 15 is 0 Å². The SMILES string of the molecule is COC(=O)c1ccc2[nH]c3c(c2c1)CN(c1noc(-c2ccccc2)n1)CC3. The highest BCUT2D eigenvalue weighted by atomic mass is 16.5. The third-order valence-electron chi connectivity index (χ3n) is 5.12. The van der Waals surface area contributed by atoms with Crippen molar-refractivity contribution in [1.29, 1.82) is 0 Å². The van der Waals surface area contributed by atoms with Gasteiger partial charge in [0.15, 0.2) is 0 Å². The zero-order chi connectivity index (χ0) is 19.1. The van der Waals surface area contributed by atoms with Crippen LogP contribution in [0.3, 0.4) is 0 Å². The number of carbonyl (C=O) groups excluding carboxylic acids is 1. The molecule has 0 bridgehead atoms. The summed E-state index contributed by atoms with van der Waals surface area (Å²) in [6, 6.07) is 15.3. The number of aromatic nitrogens is 3. The van der Waals surface area contributed by atoms with Crippen LogP contribution in [0.5, 0.6) is 0 Å². The molecule has 1 aliphatic rings. The number of methoxy groups -OCH3 is 1. The zero-order valence-electron chi connectivity index (χ0n) is 15.3. The summed E-state index contributed by atoms with van der Waals surface area (Å²) in [7, 11) is 1.39. The summed E-state index contributed by atoms with van der Waals surface area (Å²) < 4.78 is 10.3. The Morgan fingerprint density at radius 2 is 2.07 bits per heavy atom. The molecule has 0 amide bonds. The number of hydrogen-bond donors (Lipinski definition) is 1. The summed E-state index contributed by atoms with van der Waals surface area (Å²) in [6.45, 7) is 1.44. The van der Waals surface area contributed by atoms with Crippen LogP contribution < -0.4 is 4.90 Å². The lowest BCUT2D eigenvalue weighted by Gasteiger charge is -2.25. The number of H-pyrrole nitrogens is 1. The Balaban J connectivity index is 1.47. The van der Waals surface area contributed by atoms with Crippen molar-refractivity contribution in [3.63, 3.8) is 0 Å². The number of nitrogens with zero attached hydrogens (tertiary/aromatic N) is 3. The van der Waals surface area contributed by atoms with E-state index in [2.05, 4.69) is 20.0 Å². The average Bonchev–Trinajstić information content (AvgIpc) is 3.38. The molecule has 0 aliphatic carbocycles. The first-order chi connectivity index (χ1) is 13.7. The van der Waals surface area contributed by atoms with E-state index in [0.717, 1.165) is 35.0 Å². The van der Waals surface area contributed by atoms with Gasteiger partial charge in [-0.05, 0) is 35.5 Å². The van der Waals surface area contributed by atoms with Crippen molar-refractivity contribution in [2.75, 3.05) is 18.6 Å². The average molecular weight is 374 g/mol. The van der Waals surface area contributed by atoms with Crippen molar-refractivity contribution in [3.8, 4) is 11.5 Å². The number of rotatable bonds is 3. The molecule has 1 N–H and O–H groups in total. The Hall–Kier alpha value is -3.61. The van der Waals surface area contributed by atoms with Gasteiger partial charge in [0.25, 0.3) is 11.8 Å². The van der Waals surface area contributed by atoms with E-state index in [-0.39, 0.29) is 5.97 Å². The number of fused-ring (bicyclic) bond motifs is 3. The minimum atomic E-state index is -0.338. The fourth-order valence-electron chi connectivity index (χ4n) is 3.67. The Morgan fingerprint density at radius 3 is 2.89 bits per heavy atom. The minimum Gasteiger partial charge on any atom is -0.465 e. The molecule has 0 spiro atoms. The van der Waals surface area contributed by atoms with Crippen LogP contribution in [0.1, 0.15) is 21.6 Å². The second-order valence-electron chi connectivity index (χ2n) is 6.77. The standard InChI is InChI=1S/C21H18N4O3/c1-27-20(26)14-7-8-17-15(11-14)16-12-25(10-9-18(16)22-17)21-23-19(28-24-21)13-5-3-2-4-6-13/h2-8,11,22H,9-10,12H2,1H3. The van der Waals surface area contributed by atoms with Gasteiger partial charge in [0, 0.05) is 47.2 Å². The second-order valence-corrected chi connectivity index (χ2v) is 6.77. The Bertz CT molecular complexity index is 1160. The van der Waals surface area contributed by atoms with E-state index in [4.69, 9.17) is 9.26 Å². The Labute approximate surface area is 160 Å². The largest absolute Gasteiger partial charge is 0.465 e. The number of ether oxygens (including phenoxy) is 1. The van der Waals surface area contributed by atoms with Crippen molar-refractivity contribution in [1.82, 2.24) is 15.1 Å². The van der Waals surface area contributed by atoms with Crippen LogP contribution in [-0.2, 0) is 17.7 Å². The molecule has 0 radical (unpaired) electrons. The van der Waals surface area contributed by atoms with Crippen LogP contribution in [0.2, 0.25) is 0 Å². The van der Waals surface area contributed by atoms with Crippen LogP contribution in [0, 0.1) is 0 Å². The number of hydrogen-bond acceptors (Lipinski definition) is 6. The molecule has 2 aromatic heterocycles. The quantitative estimate of drug-likeness (QED) is 0.552. The lowest BCUT2D eigenvalue weighted by atomic mass is 10.0. The molecule has 0 saturated carbocycles. The van der Waals surface area contributed by atoms with Crippen LogP contribution >= 0.6 is 0 Å². The van der Waals surface area contributed by atoms with E-state index in [1.807, 2.05) is 42.5 Å². The van der Waals surface area contributed by atoms with Gasteiger partial charge >= 0.3 is 5.97 Å².